The Kier molecular flexibility index (Phi) is 3.83. The summed E-state index contributed by atoms with van der Waals surface area (Å²) >= 11 is 0. The number of carbonyl (C=O) groups excluding carboxylic acids is 1. The van der Waals surface area contributed by atoms with E-state index in [-0.39, 0.29) is 11.7 Å². The van der Waals surface area contributed by atoms with Crippen molar-refractivity contribution < 1.29 is 19.1 Å². The maximum Gasteiger partial charge on any atom is 0.307 e. The van der Waals surface area contributed by atoms with E-state index in [1.807, 2.05) is 0 Å². The van der Waals surface area contributed by atoms with Crippen molar-refractivity contribution in [1.82, 2.24) is 5.32 Å². The summed E-state index contributed by atoms with van der Waals surface area (Å²) in [5, 5.41) is 11.6. The van der Waals surface area contributed by atoms with Crippen molar-refractivity contribution in [2.45, 2.75) is 26.3 Å². The first kappa shape index (κ1) is 13.5. The molecule has 19 heavy (non-hydrogen) atoms. The molecule has 1 aliphatic rings. The smallest absolute Gasteiger partial charge is 0.307 e. The lowest BCUT2D eigenvalue weighted by molar-refractivity contribution is -0.152. The highest BCUT2D eigenvalue weighted by Crippen LogP contribution is 2.34. The molecule has 1 aromatic carbocycles. The molecule has 102 valence electrons. The Bertz CT molecular complexity index is 515. The third-order valence-corrected chi connectivity index (χ3v) is 3.62. The lowest BCUT2D eigenvalue weighted by Gasteiger charge is -2.31. The number of hydrogen-bond donors (Lipinski definition) is 2. The molecule has 2 N–H and O–H groups in total. The second-order valence-corrected chi connectivity index (χ2v) is 4.93. The fraction of sp³-hybridized carbons (Fsp3) is 0.429. The van der Waals surface area contributed by atoms with E-state index in [1.165, 1.54) is 6.07 Å². The van der Waals surface area contributed by atoms with Gasteiger partial charge in [0.25, 0.3) is 0 Å². The quantitative estimate of drug-likeness (QED) is 0.873. The molecule has 2 unspecified atom stereocenters. The number of carboxylic acids is 1. The number of carboxylic acid groups (broad SMARTS) is 1. The number of nitrogens with one attached hydrogen (secondary N) is 1. The molecule has 1 aliphatic carbocycles. The Morgan fingerprint density at radius 1 is 1.37 bits per heavy atom. The van der Waals surface area contributed by atoms with Crippen molar-refractivity contribution in [3.8, 4) is 0 Å². The van der Waals surface area contributed by atoms with Crippen LogP contribution in [-0.2, 0) is 16.1 Å². The minimum absolute atomic E-state index is 0.236. The van der Waals surface area contributed by atoms with Crippen molar-refractivity contribution in [1.29, 1.82) is 0 Å². The molecule has 0 bridgehead atoms. The van der Waals surface area contributed by atoms with Gasteiger partial charge in [0.15, 0.2) is 0 Å². The highest BCUT2D eigenvalue weighted by molar-refractivity contribution is 5.86. The first-order valence-electron chi connectivity index (χ1n) is 6.24. The Morgan fingerprint density at radius 3 is 2.58 bits per heavy atom. The van der Waals surface area contributed by atoms with E-state index >= 15 is 0 Å². The van der Waals surface area contributed by atoms with Crippen molar-refractivity contribution >= 4 is 11.9 Å². The summed E-state index contributed by atoms with van der Waals surface area (Å²) in [6.45, 7) is 1.95. The number of halogens is 1. The van der Waals surface area contributed by atoms with Crippen molar-refractivity contribution in [2.24, 2.45) is 11.8 Å². The van der Waals surface area contributed by atoms with E-state index in [9.17, 15) is 14.0 Å². The highest BCUT2D eigenvalue weighted by atomic mass is 19.1. The Morgan fingerprint density at radius 2 is 2.05 bits per heavy atom. The van der Waals surface area contributed by atoms with Gasteiger partial charge in [-0.05, 0) is 37.0 Å². The molecular formula is C14H16FNO3. The summed E-state index contributed by atoms with van der Waals surface area (Å²) in [5.74, 6) is -2.42. The van der Waals surface area contributed by atoms with Crippen LogP contribution in [0.15, 0.2) is 18.2 Å². The second-order valence-electron chi connectivity index (χ2n) is 4.93. The fourth-order valence-corrected chi connectivity index (χ4v) is 2.25. The second kappa shape index (κ2) is 5.38. The highest BCUT2D eigenvalue weighted by Gasteiger charge is 2.41. The van der Waals surface area contributed by atoms with Gasteiger partial charge in [-0.25, -0.2) is 4.39 Å². The summed E-state index contributed by atoms with van der Waals surface area (Å²) in [6, 6.07) is 4.64. The molecule has 2 rings (SSSR count). The third-order valence-electron chi connectivity index (χ3n) is 3.62. The molecule has 1 amide bonds. The van der Waals surface area contributed by atoms with Crippen molar-refractivity contribution in [2.75, 3.05) is 0 Å². The van der Waals surface area contributed by atoms with Gasteiger partial charge in [-0.3, -0.25) is 9.59 Å². The van der Waals surface area contributed by atoms with E-state index < -0.39 is 17.8 Å². The Labute approximate surface area is 110 Å². The van der Waals surface area contributed by atoms with E-state index in [0.717, 1.165) is 5.56 Å². The van der Waals surface area contributed by atoms with Crippen molar-refractivity contribution in [3.05, 3.63) is 35.1 Å². The zero-order valence-corrected chi connectivity index (χ0v) is 10.6. The monoisotopic (exact) mass is 265 g/mol. The van der Waals surface area contributed by atoms with Crippen LogP contribution < -0.4 is 5.32 Å². The van der Waals surface area contributed by atoms with Crippen LogP contribution in [0.3, 0.4) is 0 Å². The van der Waals surface area contributed by atoms with E-state index in [0.29, 0.717) is 24.9 Å². The molecule has 0 radical (unpaired) electrons. The number of benzene rings is 1. The fourth-order valence-electron chi connectivity index (χ4n) is 2.25. The van der Waals surface area contributed by atoms with Crippen LogP contribution >= 0.6 is 0 Å². The summed E-state index contributed by atoms with van der Waals surface area (Å²) in [6.07, 6.45) is 1.17. The molecule has 0 aliphatic heterocycles. The summed E-state index contributed by atoms with van der Waals surface area (Å²) < 4.78 is 13.1. The molecule has 4 nitrogen and oxygen atoms in total. The maximum atomic E-state index is 13.1. The minimum atomic E-state index is -0.913. The standard InChI is InChI=1S/C14H16FNO3/c1-8-6-9(2-5-12(8)15)7-16-13(17)10-3-4-11(10)14(18)19/h2,5-6,10-11H,3-4,7H2,1H3,(H,16,17)(H,18,19). The number of hydrogen-bond acceptors (Lipinski definition) is 2. The molecule has 1 saturated carbocycles. The summed E-state index contributed by atoms with van der Waals surface area (Å²) in [7, 11) is 0. The van der Waals surface area contributed by atoms with Crippen LogP contribution in [0.4, 0.5) is 4.39 Å². The largest absolute Gasteiger partial charge is 0.481 e. The molecule has 0 saturated heterocycles. The Hall–Kier alpha value is -1.91. The van der Waals surface area contributed by atoms with Gasteiger partial charge in [0, 0.05) is 6.54 Å². The van der Waals surface area contributed by atoms with Gasteiger partial charge >= 0.3 is 5.97 Å². The topological polar surface area (TPSA) is 66.4 Å². The number of amides is 1. The molecular weight excluding hydrogens is 249 g/mol. The molecule has 0 heterocycles. The van der Waals surface area contributed by atoms with Gasteiger partial charge in [0.1, 0.15) is 5.82 Å². The van der Waals surface area contributed by atoms with Crippen LogP contribution in [0.2, 0.25) is 0 Å². The van der Waals surface area contributed by atoms with Gasteiger partial charge < -0.3 is 10.4 Å². The Balaban J connectivity index is 1.90. The SMILES string of the molecule is Cc1cc(CNC(=O)C2CCC2C(=O)O)ccc1F. The number of aryl methyl sites for hydroxylation is 1. The van der Waals surface area contributed by atoms with Crippen LogP contribution in [-0.4, -0.2) is 17.0 Å². The number of rotatable bonds is 4. The zero-order valence-electron chi connectivity index (χ0n) is 10.6. The normalized spacial score (nSPS) is 21.6. The summed E-state index contributed by atoms with van der Waals surface area (Å²) in [4.78, 5) is 22.6. The number of aliphatic carboxylic acids is 1. The molecule has 0 spiro atoms. The van der Waals surface area contributed by atoms with Gasteiger partial charge in [-0.2, -0.15) is 0 Å². The average Bonchev–Trinajstić information content (AvgIpc) is 2.28. The molecule has 1 fully saturated rings. The van der Waals surface area contributed by atoms with Crippen LogP contribution in [0.5, 0.6) is 0 Å². The van der Waals surface area contributed by atoms with E-state index in [4.69, 9.17) is 5.11 Å². The molecule has 5 heteroatoms. The first-order valence-corrected chi connectivity index (χ1v) is 6.24. The predicted molar refractivity (Wildman–Crippen MR) is 66.8 cm³/mol. The van der Waals surface area contributed by atoms with E-state index in [2.05, 4.69) is 5.32 Å². The van der Waals surface area contributed by atoms with Gasteiger partial charge in [0.2, 0.25) is 5.91 Å². The predicted octanol–water partition coefficient (Wildman–Crippen LogP) is 1.86. The third kappa shape index (κ3) is 2.92. The summed E-state index contributed by atoms with van der Waals surface area (Å²) in [5.41, 5.74) is 1.33. The van der Waals surface area contributed by atoms with Gasteiger partial charge in [0.05, 0.1) is 11.8 Å². The van der Waals surface area contributed by atoms with Gasteiger partial charge in [-0.1, -0.05) is 12.1 Å². The van der Waals surface area contributed by atoms with Crippen molar-refractivity contribution in [3.63, 3.8) is 0 Å². The van der Waals surface area contributed by atoms with Crippen LogP contribution in [0, 0.1) is 24.6 Å². The van der Waals surface area contributed by atoms with Crippen LogP contribution in [0.25, 0.3) is 0 Å². The lowest BCUT2D eigenvalue weighted by Crippen LogP contribution is -2.43. The molecule has 1 aromatic rings. The van der Waals surface area contributed by atoms with Gasteiger partial charge in [-0.15, -0.1) is 0 Å². The maximum absolute atomic E-state index is 13.1. The lowest BCUT2D eigenvalue weighted by atomic mass is 9.73. The molecule has 0 aromatic heterocycles. The zero-order chi connectivity index (χ0) is 14.0. The van der Waals surface area contributed by atoms with E-state index in [1.54, 1.807) is 19.1 Å². The molecule has 2 atom stereocenters. The average molecular weight is 265 g/mol. The minimum Gasteiger partial charge on any atom is -0.481 e. The number of carbonyl (C=O) groups is 2. The first-order chi connectivity index (χ1) is 8.99. The van der Waals surface area contributed by atoms with Crippen LogP contribution in [0.1, 0.15) is 24.0 Å².